The molecule has 0 aliphatic heterocycles. The Labute approximate surface area is 187 Å². The van der Waals surface area contributed by atoms with Gasteiger partial charge in [-0.25, -0.2) is 12.8 Å². The number of hydrogen-bond acceptors (Lipinski definition) is 6. The van der Waals surface area contributed by atoms with E-state index in [-0.39, 0.29) is 28.1 Å². The first-order chi connectivity index (χ1) is 15.3. The molecule has 1 amide bonds. The topological polar surface area (TPSA) is 114 Å². The van der Waals surface area contributed by atoms with E-state index in [9.17, 15) is 17.6 Å². The van der Waals surface area contributed by atoms with Crippen molar-refractivity contribution in [3.05, 3.63) is 89.2 Å². The van der Waals surface area contributed by atoms with Crippen LogP contribution in [0.2, 0.25) is 5.02 Å². The first kappa shape index (κ1) is 21.5. The Morgan fingerprint density at radius 1 is 0.938 bits per heavy atom. The minimum Gasteiger partial charge on any atom is -0.403 e. The van der Waals surface area contributed by atoms with Crippen LogP contribution >= 0.6 is 11.6 Å². The van der Waals surface area contributed by atoms with Crippen molar-refractivity contribution in [2.75, 3.05) is 10.0 Å². The zero-order valence-electron chi connectivity index (χ0n) is 16.1. The predicted molar refractivity (Wildman–Crippen MR) is 116 cm³/mol. The van der Waals surface area contributed by atoms with E-state index in [1.54, 1.807) is 12.1 Å². The first-order valence-corrected chi connectivity index (χ1v) is 11.0. The number of aromatic nitrogens is 2. The summed E-state index contributed by atoms with van der Waals surface area (Å²) in [6.45, 7) is 0. The molecule has 0 radical (unpaired) electrons. The van der Waals surface area contributed by atoms with E-state index in [4.69, 9.17) is 16.0 Å². The number of nitrogens with one attached hydrogen (secondary N) is 2. The SMILES string of the molecule is O=C(Nc1nnc(-c2ccc(F)cc2)o1)c1ccccc1NS(=O)(=O)c1ccc(Cl)cc1. The summed E-state index contributed by atoms with van der Waals surface area (Å²) >= 11 is 5.81. The van der Waals surface area contributed by atoms with Gasteiger partial charge in [0, 0.05) is 10.6 Å². The van der Waals surface area contributed by atoms with E-state index >= 15 is 0 Å². The van der Waals surface area contributed by atoms with Crippen molar-refractivity contribution in [1.29, 1.82) is 0 Å². The van der Waals surface area contributed by atoms with E-state index in [2.05, 4.69) is 20.2 Å². The van der Waals surface area contributed by atoms with Crippen LogP contribution in [0.1, 0.15) is 10.4 Å². The molecule has 0 aliphatic rings. The van der Waals surface area contributed by atoms with E-state index in [1.807, 2.05) is 0 Å². The molecular weight excluding hydrogens is 459 g/mol. The second kappa shape index (κ2) is 8.77. The summed E-state index contributed by atoms with van der Waals surface area (Å²) in [7, 11) is -3.97. The second-order valence-electron chi connectivity index (χ2n) is 6.48. The summed E-state index contributed by atoms with van der Waals surface area (Å²) in [6, 6.07) is 16.8. The summed E-state index contributed by atoms with van der Waals surface area (Å²) in [5.41, 5.74) is 0.556. The van der Waals surface area contributed by atoms with Gasteiger partial charge in [-0.2, -0.15) is 0 Å². The molecule has 2 N–H and O–H groups in total. The summed E-state index contributed by atoms with van der Waals surface area (Å²) in [6.07, 6.45) is 0. The number of sulfonamides is 1. The number of benzene rings is 3. The smallest absolute Gasteiger partial charge is 0.322 e. The number of carbonyl (C=O) groups is 1. The zero-order chi connectivity index (χ0) is 22.7. The number of rotatable bonds is 6. The third-order valence-corrected chi connectivity index (χ3v) is 5.91. The number of para-hydroxylation sites is 1. The molecule has 0 aliphatic carbocycles. The van der Waals surface area contributed by atoms with Gasteiger partial charge in [0.25, 0.3) is 15.9 Å². The van der Waals surface area contributed by atoms with Gasteiger partial charge < -0.3 is 4.42 Å². The molecule has 162 valence electrons. The van der Waals surface area contributed by atoms with E-state index in [0.29, 0.717) is 10.6 Å². The molecule has 11 heteroatoms. The molecule has 0 saturated carbocycles. The maximum Gasteiger partial charge on any atom is 0.322 e. The van der Waals surface area contributed by atoms with Gasteiger partial charge in [0.2, 0.25) is 5.89 Å². The molecule has 0 spiro atoms. The summed E-state index contributed by atoms with van der Waals surface area (Å²) in [4.78, 5) is 12.7. The van der Waals surface area contributed by atoms with Crippen molar-refractivity contribution in [2.45, 2.75) is 4.90 Å². The molecule has 8 nitrogen and oxygen atoms in total. The van der Waals surface area contributed by atoms with Crippen molar-refractivity contribution in [1.82, 2.24) is 10.2 Å². The highest BCUT2D eigenvalue weighted by molar-refractivity contribution is 7.92. The average Bonchev–Trinajstić information content (AvgIpc) is 3.23. The highest BCUT2D eigenvalue weighted by Crippen LogP contribution is 2.24. The molecule has 1 aromatic heterocycles. The normalized spacial score (nSPS) is 11.2. The van der Waals surface area contributed by atoms with Crippen molar-refractivity contribution >= 4 is 39.2 Å². The lowest BCUT2D eigenvalue weighted by Crippen LogP contribution is -2.18. The van der Waals surface area contributed by atoms with Crippen LogP contribution in [-0.4, -0.2) is 24.5 Å². The van der Waals surface area contributed by atoms with Crippen LogP contribution < -0.4 is 10.0 Å². The van der Waals surface area contributed by atoms with Crippen molar-refractivity contribution < 1.29 is 22.0 Å². The molecule has 0 bridgehead atoms. The van der Waals surface area contributed by atoms with Crippen LogP contribution in [0.4, 0.5) is 16.1 Å². The van der Waals surface area contributed by atoms with Crippen LogP contribution in [0.3, 0.4) is 0 Å². The summed E-state index contributed by atoms with van der Waals surface area (Å²) < 4.78 is 46.2. The Morgan fingerprint density at radius 2 is 1.62 bits per heavy atom. The van der Waals surface area contributed by atoms with Gasteiger partial charge in [-0.1, -0.05) is 28.8 Å². The Hall–Kier alpha value is -3.76. The van der Waals surface area contributed by atoms with Crippen LogP contribution in [0.5, 0.6) is 0 Å². The van der Waals surface area contributed by atoms with Crippen LogP contribution in [-0.2, 0) is 10.0 Å². The summed E-state index contributed by atoms with van der Waals surface area (Å²) in [5.74, 6) is -1.01. The van der Waals surface area contributed by atoms with Gasteiger partial charge in [0.15, 0.2) is 0 Å². The minimum atomic E-state index is -3.97. The average molecular weight is 473 g/mol. The lowest BCUT2D eigenvalue weighted by molar-refractivity contribution is 0.102. The van der Waals surface area contributed by atoms with Crippen molar-refractivity contribution in [3.63, 3.8) is 0 Å². The van der Waals surface area contributed by atoms with Gasteiger partial charge in [-0.3, -0.25) is 14.8 Å². The highest BCUT2D eigenvalue weighted by Gasteiger charge is 2.20. The molecule has 0 atom stereocenters. The van der Waals surface area contributed by atoms with Crippen LogP contribution in [0, 0.1) is 5.82 Å². The molecular formula is C21H14ClFN4O4S. The minimum absolute atomic E-state index is 0.0158. The number of halogens is 2. The quantitative estimate of drug-likeness (QED) is 0.424. The molecule has 0 fully saturated rings. The Balaban J connectivity index is 1.54. The zero-order valence-corrected chi connectivity index (χ0v) is 17.7. The van der Waals surface area contributed by atoms with Crippen molar-refractivity contribution in [3.8, 4) is 11.5 Å². The lowest BCUT2D eigenvalue weighted by atomic mass is 10.2. The van der Waals surface area contributed by atoms with Crippen LogP contribution in [0.15, 0.2) is 82.1 Å². The van der Waals surface area contributed by atoms with Gasteiger partial charge in [0.05, 0.1) is 16.1 Å². The Bertz CT molecular complexity index is 1370. The standard InChI is InChI=1S/C21H14ClFN4O4S/c22-14-7-11-16(12-8-14)32(29,30)27-18-4-2-1-3-17(18)19(28)24-21-26-25-20(31-21)13-5-9-15(23)10-6-13/h1-12,27H,(H,24,26,28). The third kappa shape index (κ3) is 4.76. The summed E-state index contributed by atoms with van der Waals surface area (Å²) in [5, 5.41) is 10.4. The molecule has 4 rings (SSSR count). The molecule has 4 aromatic rings. The first-order valence-electron chi connectivity index (χ1n) is 9.10. The molecule has 0 saturated heterocycles. The highest BCUT2D eigenvalue weighted by atomic mass is 35.5. The van der Waals surface area contributed by atoms with Gasteiger partial charge in [-0.05, 0) is 60.7 Å². The van der Waals surface area contributed by atoms with Crippen LogP contribution in [0.25, 0.3) is 11.5 Å². The number of amides is 1. The lowest BCUT2D eigenvalue weighted by Gasteiger charge is -2.12. The van der Waals surface area contributed by atoms with E-state index in [1.165, 1.54) is 60.7 Å². The van der Waals surface area contributed by atoms with Gasteiger partial charge in [-0.15, -0.1) is 5.10 Å². The fourth-order valence-corrected chi connectivity index (χ4v) is 3.94. The molecule has 0 unspecified atom stereocenters. The van der Waals surface area contributed by atoms with E-state index < -0.39 is 21.7 Å². The monoisotopic (exact) mass is 472 g/mol. The maximum absolute atomic E-state index is 13.1. The number of anilines is 2. The van der Waals surface area contributed by atoms with Crippen molar-refractivity contribution in [2.24, 2.45) is 0 Å². The largest absolute Gasteiger partial charge is 0.403 e. The predicted octanol–water partition coefficient (Wildman–Crippen LogP) is 4.58. The van der Waals surface area contributed by atoms with Gasteiger partial charge >= 0.3 is 6.01 Å². The Kier molecular flexibility index (Phi) is 5.89. The number of nitrogens with zero attached hydrogens (tertiary/aromatic N) is 2. The third-order valence-electron chi connectivity index (χ3n) is 4.28. The fraction of sp³-hybridized carbons (Fsp3) is 0. The fourth-order valence-electron chi connectivity index (χ4n) is 2.73. The Morgan fingerprint density at radius 3 is 2.34 bits per heavy atom. The maximum atomic E-state index is 13.1. The molecule has 3 aromatic carbocycles. The second-order valence-corrected chi connectivity index (χ2v) is 8.60. The number of carbonyl (C=O) groups excluding carboxylic acids is 1. The van der Waals surface area contributed by atoms with Gasteiger partial charge in [0.1, 0.15) is 5.82 Å². The molecule has 32 heavy (non-hydrogen) atoms. The van der Waals surface area contributed by atoms with E-state index in [0.717, 1.165) is 0 Å². The molecule has 1 heterocycles. The number of hydrogen-bond donors (Lipinski definition) is 2.